The minimum Gasteiger partial charge on any atom is -0.368 e. The molecule has 3 aromatic rings. The molecule has 1 aromatic carbocycles. The Morgan fingerprint density at radius 3 is 2.58 bits per heavy atom. The molecule has 0 aliphatic carbocycles. The third-order valence-corrected chi connectivity index (χ3v) is 5.36. The summed E-state index contributed by atoms with van der Waals surface area (Å²) in [6.07, 6.45) is 3.55. The van der Waals surface area contributed by atoms with Gasteiger partial charge in [-0.3, -0.25) is 14.3 Å². The Balaban J connectivity index is 1.46. The zero-order valence-corrected chi connectivity index (χ0v) is 16.2. The van der Waals surface area contributed by atoms with Gasteiger partial charge in [0.05, 0.1) is 11.0 Å². The number of carbonyl (C=O) groups excluding carboxylic acids is 1. The molecule has 1 amide bonds. The number of imidazole rings is 1. The topological polar surface area (TPSA) is 74.2 Å². The van der Waals surface area contributed by atoms with E-state index in [4.69, 9.17) is 0 Å². The molecular weight excluding hydrogens is 445 g/mol. The highest BCUT2D eigenvalue weighted by Gasteiger charge is 2.22. The number of hydrogen-bond acceptors (Lipinski definition) is 4. The summed E-state index contributed by atoms with van der Waals surface area (Å²) in [6.45, 7) is 2.91. The molecule has 1 N–H and O–H groups in total. The predicted molar refractivity (Wildman–Crippen MR) is 108 cm³/mol. The standard InChI is InChI=1S/C18H18IN5O2/c19-13-1-2-15-16(11-13)24(18(26)21-15)12-17(25)23-9-7-22(8-10-23)14-3-5-20-6-4-14/h1-6,11H,7-10,12H2,(H,21,26). The Morgan fingerprint density at radius 1 is 1.12 bits per heavy atom. The van der Waals surface area contributed by atoms with Crippen molar-refractivity contribution in [1.82, 2.24) is 19.4 Å². The molecule has 0 saturated carbocycles. The lowest BCUT2D eigenvalue weighted by molar-refractivity contribution is -0.132. The van der Waals surface area contributed by atoms with E-state index < -0.39 is 0 Å². The van der Waals surface area contributed by atoms with Gasteiger partial charge in [-0.1, -0.05) is 0 Å². The fourth-order valence-corrected chi connectivity index (χ4v) is 3.76. The van der Waals surface area contributed by atoms with Gasteiger partial charge in [0.2, 0.25) is 5.91 Å². The number of pyridine rings is 1. The van der Waals surface area contributed by atoms with Gasteiger partial charge in [0.15, 0.2) is 0 Å². The van der Waals surface area contributed by atoms with Crippen molar-refractivity contribution in [2.24, 2.45) is 0 Å². The van der Waals surface area contributed by atoms with Crippen LogP contribution >= 0.6 is 22.6 Å². The number of fused-ring (bicyclic) bond motifs is 1. The Labute approximate surface area is 163 Å². The molecule has 1 aliphatic heterocycles. The van der Waals surface area contributed by atoms with Gasteiger partial charge < -0.3 is 14.8 Å². The maximum absolute atomic E-state index is 12.7. The molecule has 0 atom stereocenters. The molecule has 3 heterocycles. The monoisotopic (exact) mass is 463 g/mol. The summed E-state index contributed by atoms with van der Waals surface area (Å²) in [4.78, 5) is 35.9. The van der Waals surface area contributed by atoms with Crippen molar-refractivity contribution in [3.63, 3.8) is 0 Å². The summed E-state index contributed by atoms with van der Waals surface area (Å²) in [5.41, 5.74) is 2.40. The molecule has 0 unspecified atom stereocenters. The van der Waals surface area contributed by atoms with Crippen LogP contribution in [-0.4, -0.2) is 51.5 Å². The minimum absolute atomic E-state index is 0.0266. The van der Waals surface area contributed by atoms with E-state index in [0.29, 0.717) is 13.1 Å². The number of halogens is 1. The molecule has 4 rings (SSSR count). The van der Waals surface area contributed by atoms with Crippen molar-refractivity contribution in [1.29, 1.82) is 0 Å². The number of rotatable bonds is 3. The lowest BCUT2D eigenvalue weighted by Gasteiger charge is -2.36. The van der Waals surface area contributed by atoms with Crippen LogP contribution in [0.5, 0.6) is 0 Å². The molecule has 1 fully saturated rings. The van der Waals surface area contributed by atoms with Crippen LogP contribution in [-0.2, 0) is 11.3 Å². The van der Waals surface area contributed by atoms with Crippen LogP contribution in [0.15, 0.2) is 47.5 Å². The average Bonchev–Trinajstić information content (AvgIpc) is 2.97. The molecule has 0 bridgehead atoms. The number of anilines is 1. The molecule has 1 saturated heterocycles. The molecule has 8 heteroatoms. The van der Waals surface area contributed by atoms with Crippen molar-refractivity contribution in [3.8, 4) is 0 Å². The van der Waals surface area contributed by atoms with Gasteiger partial charge in [0.25, 0.3) is 0 Å². The first kappa shape index (κ1) is 17.1. The third-order valence-electron chi connectivity index (χ3n) is 4.69. The summed E-state index contributed by atoms with van der Waals surface area (Å²) in [6, 6.07) is 9.67. The van der Waals surface area contributed by atoms with Crippen LogP contribution in [0.1, 0.15) is 0 Å². The highest BCUT2D eigenvalue weighted by atomic mass is 127. The Kier molecular flexibility index (Phi) is 4.66. The Hall–Kier alpha value is -2.36. The maximum atomic E-state index is 12.7. The van der Waals surface area contributed by atoms with Crippen LogP contribution in [0, 0.1) is 3.57 Å². The maximum Gasteiger partial charge on any atom is 0.326 e. The number of nitrogens with zero attached hydrogens (tertiary/aromatic N) is 4. The molecule has 2 aromatic heterocycles. The summed E-state index contributed by atoms with van der Waals surface area (Å²) in [7, 11) is 0. The molecule has 134 valence electrons. The van der Waals surface area contributed by atoms with E-state index in [0.717, 1.165) is 33.4 Å². The smallest absolute Gasteiger partial charge is 0.326 e. The van der Waals surface area contributed by atoms with E-state index in [1.165, 1.54) is 4.57 Å². The van der Waals surface area contributed by atoms with Crippen LogP contribution in [0.3, 0.4) is 0 Å². The van der Waals surface area contributed by atoms with E-state index in [2.05, 4.69) is 37.5 Å². The quantitative estimate of drug-likeness (QED) is 0.601. The normalized spacial score (nSPS) is 14.8. The first-order valence-electron chi connectivity index (χ1n) is 8.42. The number of carbonyl (C=O) groups is 1. The highest BCUT2D eigenvalue weighted by Crippen LogP contribution is 2.17. The van der Waals surface area contributed by atoms with E-state index in [-0.39, 0.29) is 18.1 Å². The van der Waals surface area contributed by atoms with Crippen molar-refractivity contribution in [2.45, 2.75) is 6.54 Å². The zero-order chi connectivity index (χ0) is 18.1. The van der Waals surface area contributed by atoms with Crippen LogP contribution in [0.4, 0.5) is 5.69 Å². The highest BCUT2D eigenvalue weighted by molar-refractivity contribution is 14.1. The number of aromatic amines is 1. The fourth-order valence-electron chi connectivity index (χ4n) is 3.29. The van der Waals surface area contributed by atoms with Crippen molar-refractivity contribution < 1.29 is 4.79 Å². The first-order valence-corrected chi connectivity index (χ1v) is 9.50. The van der Waals surface area contributed by atoms with Gasteiger partial charge in [-0.2, -0.15) is 0 Å². The summed E-state index contributed by atoms with van der Waals surface area (Å²) in [5.74, 6) is -0.0266. The van der Waals surface area contributed by atoms with E-state index in [1.807, 2.05) is 35.2 Å². The van der Waals surface area contributed by atoms with Gasteiger partial charge in [-0.05, 0) is 52.9 Å². The van der Waals surface area contributed by atoms with Gasteiger partial charge >= 0.3 is 5.69 Å². The molecule has 0 spiro atoms. The van der Waals surface area contributed by atoms with Gasteiger partial charge in [-0.25, -0.2) is 4.79 Å². The number of piperazine rings is 1. The number of benzene rings is 1. The van der Waals surface area contributed by atoms with E-state index in [9.17, 15) is 9.59 Å². The predicted octanol–water partition coefficient (Wildman–Crippen LogP) is 1.68. The Morgan fingerprint density at radius 2 is 1.85 bits per heavy atom. The van der Waals surface area contributed by atoms with Gasteiger partial charge in [0.1, 0.15) is 6.54 Å². The Bertz CT molecular complexity index is 990. The average molecular weight is 463 g/mol. The van der Waals surface area contributed by atoms with Crippen molar-refractivity contribution in [2.75, 3.05) is 31.1 Å². The van der Waals surface area contributed by atoms with Crippen molar-refractivity contribution in [3.05, 3.63) is 56.8 Å². The summed E-state index contributed by atoms with van der Waals surface area (Å²) in [5, 5.41) is 0. The van der Waals surface area contributed by atoms with Crippen molar-refractivity contribution >= 4 is 45.2 Å². The van der Waals surface area contributed by atoms with Crippen LogP contribution in [0.2, 0.25) is 0 Å². The molecule has 1 aliphatic rings. The number of aromatic nitrogens is 3. The molecule has 26 heavy (non-hydrogen) atoms. The number of H-pyrrole nitrogens is 1. The number of nitrogens with one attached hydrogen (secondary N) is 1. The molecular formula is C18H18IN5O2. The van der Waals surface area contributed by atoms with Gasteiger partial charge in [-0.15, -0.1) is 0 Å². The second kappa shape index (κ2) is 7.10. The summed E-state index contributed by atoms with van der Waals surface area (Å²) >= 11 is 2.20. The van der Waals surface area contributed by atoms with Gasteiger partial charge in [0, 0.05) is 47.8 Å². The first-order chi connectivity index (χ1) is 12.6. The fraction of sp³-hybridized carbons (Fsp3) is 0.278. The molecule has 0 radical (unpaired) electrons. The second-order valence-electron chi connectivity index (χ2n) is 6.25. The largest absolute Gasteiger partial charge is 0.368 e. The van der Waals surface area contributed by atoms with E-state index >= 15 is 0 Å². The van der Waals surface area contributed by atoms with Crippen LogP contribution in [0.25, 0.3) is 11.0 Å². The lowest BCUT2D eigenvalue weighted by Crippen LogP contribution is -2.50. The third kappa shape index (κ3) is 3.33. The minimum atomic E-state index is -0.245. The zero-order valence-electron chi connectivity index (χ0n) is 14.1. The number of hydrogen-bond donors (Lipinski definition) is 1. The van der Waals surface area contributed by atoms with Crippen LogP contribution < -0.4 is 10.6 Å². The number of amides is 1. The van der Waals surface area contributed by atoms with E-state index in [1.54, 1.807) is 12.4 Å². The summed E-state index contributed by atoms with van der Waals surface area (Å²) < 4.78 is 2.55. The molecule has 7 nitrogen and oxygen atoms in total. The second-order valence-corrected chi connectivity index (χ2v) is 7.50. The lowest BCUT2D eigenvalue weighted by atomic mass is 10.2. The SMILES string of the molecule is O=C(Cn1c(=O)[nH]c2ccc(I)cc21)N1CCN(c2ccncc2)CC1.